The molecule has 0 saturated heterocycles. The van der Waals surface area contributed by atoms with E-state index in [0.717, 1.165) is 6.07 Å². The van der Waals surface area contributed by atoms with Gasteiger partial charge in [0.05, 0.1) is 4.90 Å². The lowest BCUT2D eigenvalue weighted by Crippen LogP contribution is -2.07. The number of hydrogen-bond donors (Lipinski definition) is 0. The van der Waals surface area contributed by atoms with Crippen molar-refractivity contribution in [3.8, 4) is 0 Å². The lowest BCUT2D eigenvalue weighted by atomic mass is 10.2. The van der Waals surface area contributed by atoms with Gasteiger partial charge in [-0.15, -0.1) is 0 Å². The van der Waals surface area contributed by atoms with Crippen LogP contribution in [0.2, 0.25) is 0 Å². The lowest BCUT2D eigenvalue weighted by molar-refractivity contribution is 0.112. The minimum atomic E-state index is -4.02. The zero-order chi connectivity index (χ0) is 13.2. The van der Waals surface area contributed by atoms with Gasteiger partial charge in [-0.05, 0) is 18.2 Å². The molecule has 92 valence electrons. The predicted octanol–water partition coefficient (Wildman–Crippen LogP) is 2.47. The molecule has 0 heterocycles. The van der Waals surface area contributed by atoms with Gasteiger partial charge in [0.15, 0.2) is 6.29 Å². The Morgan fingerprint density at radius 3 is 2.06 bits per heavy atom. The van der Waals surface area contributed by atoms with Crippen molar-refractivity contribution in [3.63, 3.8) is 0 Å². The molecule has 0 spiro atoms. The fourth-order valence-corrected chi connectivity index (χ4v) is 3.11. The van der Waals surface area contributed by atoms with Crippen LogP contribution in [-0.4, -0.2) is 14.7 Å². The predicted molar refractivity (Wildman–Crippen MR) is 63.7 cm³/mol. The van der Waals surface area contributed by atoms with Crippen molar-refractivity contribution in [1.29, 1.82) is 0 Å². The molecule has 0 aliphatic rings. The highest BCUT2D eigenvalue weighted by atomic mass is 32.2. The van der Waals surface area contributed by atoms with Gasteiger partial charge in [0.2, 0.25) is 9.84 Å². The summed E-state index contributed by atoms with van der Waals surface area (Å²) in [5.74, 6) is -0.835. The van der Waals surface area contributed by atoms with E-state index in [1.807, 2.05) is 0 Å². The minimum Gasteiger partial charge on any atom is -0.298 e. The third-order valence-corrected chi connectivity index (χ3v) is 4.32. The van der Waals surface area contributed by atoms with Crippen LogP contribution < -0.4 is 0 Å². The van der Waals surface area contributed by atoms with Gasteiger partial charge in [-0.3, -0.25) is 4.79 Å². The van der Waals surface area contributed by atoms with E-state index in [4.69, 9.17) is 0 Å². The summed E-state index contributed by atoms with van der Waals surface area (Å²) in [6.45, 7) is 0. The van der Waals surface area contributed by atoms with Crippen molar-refractivity contribution in [2.75, 3.05) is 0 Å². The Bertz CT molecular complexity index is 693. The standard InChI is InChI=1S/C13H9FO3S/c14-11-6-2-4-8-13(11)18(16,17)12-7-3-1-5-10(12)9-15/h1-9H. The summed E-state index contributed by atoms with van der Waals surface area (Å²) in [6.07, 6.45) is 0.438. The van der Waals surface area contributed by atoms with E-state index in [9.17, 15) is 17.6 Å². The first-order valence-electron chi connectivity index (χ1n) is 5.11. The molecule has 0 atom stereocenters. The molecule has 2 aromatic carbocycles. The molecule has 2 rings (SSSR count). The number of sulfone groups is 1. The first kappa shape index (κ1) is 12.4. The van der Waals surface area contributed by atoms with E-state index in [1.54, 1.807) is 6.07 Å². The molecule has 0 N–H and O–H groups in total. The summed E-state index contributed by atoms with van der Waals surface area (Å²) in [5.41, 5.74) is 0.0146. The van der Waals surface area contributed by atoms with Crippen molar-refractivity contribution in [2.45, 2.75) is 9.79 Å². The van der Waals surface area contributed by atoms with E-state index in [0.29, 0.717) is 6.29 Å². The van der Waals surface area contributed by atoms with Crippen LogP contribution in [0.15, 0.2) is 58.3 Å². The first-order chi connectivity index (χ1) is 8.57. The van der Waals surface area contributed by atoms with Crippen LogP contribution in [0.5, 0.6) is 0 Å². The quantitative estimate of drug-likeness (QED) is 0.800. The number of halogens is 1. The maximum absolute atomic E-state index is 13.5. The molecule has 0 bridgehead atoms. The van der Waals surface area contributed by atoms with Crippen LogP contribution in [0.25, 0.3) is 0 Å². The molecule has 2 aromatic rings. The molecule has 3 nitrogen and oxygen atoms in total. The third kappa shape index (κ3) is 2.04. The number of hydrogen-bond acceptors (Lipinski definition) is 3. The molecule has 0 aromatic heterocycles. The summed E-state index contributed by atoms with van der Waals surface area (Å²) in [5, 5.41) is 0. The average molecular weight is 264 g/mol. The first-order valence-corrected chi connectivity index (χ1v) is 6.59. The maximum Gasteiger partial charge on any atom is 0.210 e. The van der Waals surface area contributed by atoms with Gasteiger partial charge in [0, 0.05) is 5.56 Å². The second-order valence-electron chi connectivity index (χ2n) is 3.59. The number of rotatable bonds is 3. The Labute approximate surface area is 104 Å². The number of aldehydes is 1. The highest BCUT2D eigenvalue weighted by Crippen LogP contribution is 2.25. The molecule has 0 aliphatic carbocycles. The van der Waals surface area contributed by atoms with Crippen molar-refractivity contribution in [2.24, 2.45) is 0 Å². The molecule has 0 unspecified atom stereocenters. The van der Waals surface area contributed by atoms with Crippen LogP contribution in [-0.2, 0) is 9.84 Å². The van der Waals surface area contributed by atoms with Crippen molar-refractivity contribution >= 4 is 16.1 Å². The van der Waals surface area contributed by atoms with E-state index < -0.39 is 20.5 Å². The maximum atomic E-state index is 13.5. The van der Waals surface area contributed by atoms with Gasteiger partial charge in [0.1, 0.15) is 10.7 Å². The summed E-state index contributed by atoms with van der Waals surface area (Å²) in [6, 6.07) is 10.8. The van der Waals surface area contributed by atoms with Crippen LogP contribution in [0.1, 0.15) is 10.4 Å². The normalized spacial score (nSPS) is 11.2. The van der Waals surface area contributed by atoms with Crippen LogP contribution in [0.3, 0.4) is 0 Å². The van der Waals surface area contributed by atoms with Crippen LogP contribution in [0.4, 0.5) is 4.39 Å². The van der Waals surface area contributed by atoms with Gasteiger partial charge in [-0.2, -0.15) is 0 Å². The minimum absolute atomic E-state index is 0.0146. The van der Waals surface area contributed by atoms with Crippen molar-refractivity contribution in [3.05, 3.63) is 59.9 Å². The molecule has 0 radical (unpaired) electrons. The number of carbonyl (C=O) groups excluding carboxylic acids is 1. The smallest absolute Gasteiger partial charge is 0.210 e. The monoisotopic (exact) mass is 264 g/mol. The Morgan fingerprint density at radius 1 is 0.889 bits per heavy atom. The third-order valence-electron chi connectivity index (χ3n) is 2.46. The zero-order valence-electron chi connectivity index (χ0n) is 9.21. The summed E-state index contributed by atoms with van der Waals surface area (Å²) in [4.78, 5) is 10.2. The topological polar surface area (TPSA) is 51.2 Å². The second-order valence-corrected chi connectivity index (χ2v) is 5.48. The molecule has 18 heavy (non-hydrogen) atoms. The van der Waals surface area contributed by atoms with E-state index in [2.05, 4.69) is 0 Å². The summed E-state index contributed by atoms with van der Waals surface area (Å²) >= 11 is 0. The lowest BCUT2D eigenvalue weighted by Gasteiger charge is -2.07. The summed E-state index contributed by atoms with van der Waals surface area (Å²) in [7, 11) is -4.02. The van der Waals surface area contributed by atoms with Gasteiger partial charge < -0.3 is 0 Å². The van der Waals surface area contributed by atoms with Gasteiger partial charge >= 0.3 is 0 Å². The molecule has 0 fully saturated rings. The van der Waals surface area contributed by atoms with Crippen molar-refractivity contribution in [1.82, 2.24) is 0 Å². The molecular formula is C13H9FO3S. The highest BCUT2D eigenvalue weighted by molar-refractivity contribution is 7.91. The Balaban J connectivity index is 2.70. The largest absolute Gasteiger partial charge is 0.298 e. The number of benzene rings is 2. The Kier molecular flexibility index (Phi) is 3.25. The average Bonchev–Trinajstić information content (AvgIpc) is 2.39. The van der Waals surface area contributed by atoms with Crippen molar-refractivity contribution < 1.29 is 17.6 Å². The van der Waals surface area contributed by atoms with Gasteiger partial charge in [-0.25, -0.2) is 12.8 Å². The van der Waals surface area contributed by atoms with Crippen LogP contribution in [0, 0.1) is 5.82 Å². The molecule has 0 aliphatic heterocycles. The van der Waals surface area contributed by atoms with Gasteiger partial charge in [-0.1, -0.05) is 30.3 Å². The Morgan fingerprint density at radius 2 is 1.44 bits per heavy atom. The second kappa shape index (κ2) is 4.70. The van der Waals surface area contributed by atoms with Crippen LogP contribution >= 0.6 is 0 Å². The number of carbonyl (C=O) groups is 1. The molecular weight excluding hydrogens is 255 g/mol. The van der Waals surface area contributed by atoms with E-state index in [-0.39, 0.29) is 10.5 Å². The SMILES string of the molecule is O=Cc1ccccc1S(=O)(=O)c1ccccc1F. The molecule has 0 saturated carbocycles. The van der Waals surface area contributed by atoms with E-state index in [1.165, 1.54) is 36.4 Å². The van der Waals surface area contributed by atoms with E-state index >= 15 is 0 Å². The summed E-state index contributed by atoms with van der Waals surface area (Å²) < 4.78 is 38.0. The fraction of sp³-hybridized carbons (Fsp3) is 0. The Hall–Kier alpha value is -2.01. The fourth-order valence-electron chi connectivity index (χ4n) is 1.60. The zero-order valence-corrected chi connectivity index (χ0v) is 10.0. The highest BCUT2D eigenvalue weighted by Gasteiger charge is 2.23. The molecule has 0 amide bonds. The van der Waals surface area contributed by atoms with Gasteiger partial charge in [0.25, 0.3) is 0 Å². The molecule has 5 heteroatoms.